The molecule has 0 unspecified atom stereocenters. The molecule has 30 heavy (non-hydrogen) atoms. The van der Waals surface area contributed by atoms with Crippen LogP contribution in [0.4, 0.5) is 5.69 Å². The lowest BCUT2D eigenvalue weighted by Gasteiger charge is -2.13. The first kappa shape index (κ1) is 21.4. The molecule has 3 rings (SSSR count). The number of rotatable bonds is 8. The van der Waals surface area contributed by atoms with E-state index in [0.29, 0.717) is 29.8 Å². The Labute approximate surface area is 175 Å². The van der Waals surface area contributed by atoms with E-state index < -0.39 is 15.9 Å². The van der Waals surface area contributed by atoms with Crippen molar-refractivity contribution in [2.75, 3.05) is 11.8 Å². The van der Waals surface area contributed by atoms with Gasteiger partial charge in [0, 0.05) is 5.56 Å². The number of aryl methyl sites for hydroxylation is 2. The number of amides is 1. The summed E-state index contributed by atoms with van der Waals surface area (Å²) in [5.74, 6) is 0.0108. The number of anilines is 1. The molecule has 3 aromatic rings. The molecule has 0 saturated heterocycles. The summed E-state index contributed by atoms with van der Waals surface area (Å²) < 4.78 is 33.2. The average Bonchev–Trinajstić information content (AvgIpc) is 2.78. The number of nitrogens with one attached hydrogen (secondary N) is 2. The van der Waals surface area contributed by atoms with E-state index in [0.717, 1.165) is 11.1 Å². The van der Waals surface area contributed by atoms with Gasteiger partial charge in [-0.1, -0.05) is 30.3 Å². The SMILES string of the molecule is COc1ccc(S(=O)(=O)Nc2ccccc2CCc2ccc(C(=O)NO)cc2)cc1. The summed E-state index contributed by atoms with van der Waals surface area (Å²) in [5, 5.41) is 8.68. The maximum atomic E-state index is 12.7. The monoisotopic (exact) mass is 426 g/mol. The Kier molecular flexibility index (Phi) is 6.71. The molecule has 0 spiro atoms. The third kappa shape index (κ3) is 5.16. The third-order valence-corrected chi connectivity index (χ3v) is 6.01. The Bertz CT molecular complexity index is 1110. The molecule has 156 valence electrons. The van der Waals surface area contributed by atoms with Gasteiger partial charge in [0.25, 0.3) is 15.9 Å². The van der Waals surface area contributed by atoms with Gasteiger partial charge < -0.3 is 4.74 Å². The van der Waals surface area contributed by atoms with Crippen LogP contribution < -0.4 is 14.9 Å². The van der Waals surface area contributed by atoms with Crippen molar-refractivity contribution in [3.05, 3.63) is 89.5 Å². The van der Waals surface area contributed by atoms with Crippen molar-refractivity contribution in [2.45, 2.75) is 17.7 Å². The zero-order valence-electron chi connectivity index (χ0n) is 16.3. The van der Waals surface area contributed by atoms with E-state index >= 15 is 0 Å². The lowest BCUT2D eigenvalue weighted by molar-refractivity contribution is 0.0706. The number of hydroxylamine groups is 1. The van der Waals surface area contributed by atoms with Crippen LogP contribution in [0.15, 0.2) is 77.7 Å². The highest BCUT2D eigenvalue weighted by Crippen LogP contribution is 2.23. The highest BCUT2D eigenvalue weighted by atomic mass is 32.2. The van der Waals surface area contributed by atoms with Crippen molar-refractivity contribution in [1.29, 1.82) is 0 Å². The number of sulfonamides is 1. The molecule has 0 fully saturated rings. The molecule has 0 radical (unpaired) electrons. The summed E-state index contributed by atoms with van der Waals surface area (Å²) in [7, 11) is -2.21. The molecule has 0 saturated carbocycles. The molecule has 7 nitrogen and oxygen atoms in total. The Morgan fingerprint density at radius 1 is 0.933 bits per heavy atom. The Balaban J connectivity index is 1.73. The lowest BCUT2D eigenvalue weighted by Crippen LogP contribution is -2.18. The topological polar surface area (TPSA) is 105 Å². The quantitative estimate of drug-likeness (QED) is 0.378. The summed E-state index contributed by atoms with van der Waals surface area (Å²) in [6, 6.07) is 20.3. The van der Waals surface area contributed by atoms with Crippen molar-refractivity contribution in [2.24, 2.45) is 0 Å². The van der Waals surface area contributed by atoms with Gasteiger partial charge in [0.15, 0.2) is 0 Å². The van der Waals surface area contributed by atoms with E-state index in [2.05, 4.69) is 4.72 Å². The van der Waals surface area contributed by atoms with E-state index in [-0.39, 0.29) is 4.90 Å². The minimum atomic E-state index is -3.74. The molecule has 1 amide bonds. The maximum Gasteiger partial charge on any atom is 0.274 e. The first-order valence-corrected chi connectivity index (χ1v) is 10.7. The molecule has 0 aliphatic carbocycles. The second-order valence-electron chi connectivity index (χ2n) is 6.58. The van der Waals surface area contributed by atoms with E-state index in [1.807, 2.05) is 12.1 Å². The number of para-hydroxylation sites is 1. The van der Waals surface area contributed by atoms with Gasteiger partial charge >= 0.3 is 0 Å². The van der Waals surface area contributed by atoms with Crippen LogP contribution in [0.3, 0.4) is 0 Å². The maximum absolute atomic E-state index is 12.7. The number of hydrogen-bond acceptors (Lipinski definition) is 5. The fourth-order valence-corrected chi connectivity index (χ4v) is 4.06. The third-order valence-electron chi connectivity index (χ3n) is 4.63. The average molecular weight is 426 g/mol. The van der Waals surface area contributed by atoms with E-state index in [4.69, 9.17) is 9.94 Å². The molecule has 3 aromatic carbocycles. The lowest BCUT2D eigenvalue weighted by atomic mass is 10.0. The minimum absolute atomic E-state index is 0.149. The largest absolute Gasteiger partial charge is 0.497 e. The van der Waals surface area contributed by atoms with Gasteiger partial charge in [0.1, 0.15) is 5.75 Å². The Morgan fingerprint density at radius 3 is 2.23 bits per heavy atom. The van der Waals surface area contributed by atoms with Gasteiger partial charge in [0.2, 0.25) is 0 Å². The minimum Gasteiger partial charge on any atom is -0.497 e. The fourth-order valence-electron chi connectivity index (χ4n) is 2.96. The van der Waals surface area contributed by atoms with Crippen LogP contribution in [0.1, 0.15) is 21.5 Å². The van der Waals surface area contributed by atoms with E-state index in [1.54, 1.807) is 54.0 Å². The van der Waals surface area contributed by atoms with Gasteiger partial charge in [-0.2, -0.15) is 0 Å². The zero-order valence-corrected chi connectivity index (χ0v) is 17.1. The first-order chi connectivity index (χ1) is 14.4. The standard InChI is InChI=1S/C22H22N2O5S/c1-29-19-12-14-20(15-13-19)30(27,28)24-21-5-3-2-4-17(21)9-6-16-7-10-18(11-8-16)22(25)23-26/h2-5,7-8,10-15,24,26H,6,9H2,1H3,(H,23,25). The molecule has 3 N–H and O–H groups in total. The van der Waals surface area contributed by atoms with Gasteiger partial charge in [-0.15, -0.1) is 0 Å². The van der Waals surface area contributed by atoms with E-state index in [9.17, 15) is 13.2 Å². The van der Waals surface area contributed by atoms with Crippen molar-refractivity contribution in [3.8, 4) is 5.75 Å². The summed E-state index contributed by atoms with van der Waals surface area (Å²) >= 11 is 0. The number of ether oxygens (including phenoxy) is 1. The van der Waals surface area contributed by atoms with Crippen molar-refractivity contribution in [1.82, 2.24) is 5.48 Å². The smallest absolute Gasteiger partial charge is 0.274 e. The molecule has 0 aliphatic rings. The molecule has 0 bridgehead atoms. The first-order valence-electron chi connectivity index (χ1n) is 9.21. The van der Waals surface area contributed by atoms with Crippen LogP contribution in [0.2, 0.25) is 0 Å². The number of benzene rings is 3. The van der Waals surface area contributed by atoms with Crippen molar-refractivity contribution in [3.63, 3.8) is 0 Å². The van der Waals surface area contributed by atoms with Gasteiger partial charge in [0.05, 0.1) is 17.7 Å². The van der Waals surface area contributed by atoms with Crippen LogP contribution >= 0.6 is 0 Å². The molecular formula is C22H22N2O5S. The van der Waals surface area contributed by atoms with Gasteiger partial charge in [-0.05, 0) is 66.4 Å². The Morgan fingerprint density at radius 2 is 1.60 bits per heavy atom. The van der Waals surface area contributed by atoms with Crippen LogP contribution in [0.5, 0.6) is 5.75 Å². The molecular weight excluding hydrogens is 404 g/mol. The molecule has 0 aromatic heterocycles. The van der Waals surface area contributed by atoms with Gasteiger partial charge in [-0.3, -0.25) is 14.7 Å². The summed E-state index contributed by atoms with van der Waals surface area (Å²) in [6.07, 6.45) is 1.26. The predicted octanol–water partition coefficient (Wildman–Crippen LogP) is 3.40. The van der Waals surface area contributed by atoms with Crippen LogP contribution in [0, 0.1) is 0 Å². The number of hydrogen-bond donors (Lipinski definition) is 3. The molecule has 8 heteroatoms. The van der Waals surface area contributed by atoms with Gasteiger partial charge in [-0.25, -0.2) is 13.9 Å². The number of carbonyl (C=O) groups excluding carboxylic acids is 1. The molecule has 0 atom stereocenters. The second kappa shape index (κ2) is 9.43. The zero-order chi connectivity index (χ0) is 21.6. The van der Waals surface area contributed by atoms with Crippen molar-refractivity contribution >= 4 is 21.6 Å². The number of carbonyl (C=O) groups is 1. The summed E-state index contributed by atoms with van der Waals surface area (Å²) in [4.78, 5) is 11.6. The number of methoxy groups -OCH3 is 1. The summed E-state index contributed by atoms with van der Waals surface area (Å²) in [6.45, 7) is 0. The molecule has 0 aliphatic heterocycles. The normalized spacial score (nSPS) is 11.0. The van der Waals surface area contributed by atoms with Crippen molar-refractivity contribution < 1.29 is 23.2 Å². The van der Waals surface area contributed by atoms with Crippen LogP contribution in [0.25, 0.3) is 0 Å². The van der Waals surface area contributed by atoms with Crippen LogP contribution in [-0.2, 0) is 22.9 Å². The van der Waals surface area contributed by atoms with E-state index in [1.165, 1.54) is 19.2 Å². The fraction of sp³-hybridized carbons (Fsp3) is 0.136. The highest BCUT2D eigenvalue weighted by Gasteiger charge is 2.16. The predicted molar refractivity (Wildman–Crippen MR) is 113 cm³/mol. The second-order valence-corrected chi connectivity index (χ2v) is 8.26. The summed E-state index contributed by atoms with van der Waals surface area (Å²) in [5.41, 5.74) is 4.31. The molecule has 0 heterocycles. The van der Waals surface area contributed by atoms with Crippen LogP contribution in [-0.4, -0.2) is 26.6 Å². The highest BCUT2D eigenvalue weighted by molar-refractivity contribution is 7.92. The Hall–Kier alpha value is -3.36.